The van der Waals surface area contributed by atoms with Crippen LogP contribution < -0.4 is 0 Å². The summed E-state index contributed by atoms with van der Waals surface area (Å²) >= 11 is 5.27. The second-order valence-electron chi connectivity index (χ2n) is 4.97. The summed E-state index contributed by atoms with van der Waals surface area (Å²) in [6, 6.07) is 10.3. The summed E-state index contributed by atoms with van der Waals surface area (Å²) in [5.74, 6) is 0.189. The molecule has 19 heavy (non-hydrogen) atoms. The maximum Gasteiger partial charge on any atom is 0.225 e. The van der Waals surface area contributed by atoms with Crippen LogP contribution in [0.15, 0.2) is 36.5 Å². The van der Waals surface area contributed by atoms with E-state index in [1.54, 1.807) is 0 Å². The summed E-state index contributed by atoms with van der Waals surface area (Å²) < 4.78 is 0. The first-order valence-electron chi connectivity index (χ1n) is 6.64. The Balaban J connectivity index is 2.15. The van der Waals surface area contributed by atoms with Gasteiger partial charge in [-0.05, 0) is 42.0 Å². The summed E-state index contributed by atoms with van der Waals surface area (Å²) in [5, 5.41) is 10.3. The van der Waals surface area contributed by atoms with Gasteiger partial charge in [0.05, 0.1) is 5.69 Å². The molecule has 2 aromatic rings. The van der Waals surface area contributed by atoms with E-state index in [0.717, 1.165) is 23.6 Å². The third kappa shape index (κ3) is 2.38. The largest absolute Gasteiger partial charge is 0.396 e. The maximum atomic E-state index is 9.37. The molecule has 0 amide bonds. The first-order valence-corrected chi connectivity index (χ1v) is 7.05. The van der Waals surface area contributed by atoms with Gasteiger partial charge in [0.15, 0.2) is 11.6 Å². The second-order valence-corrected chi connectivity index (χ2v) is 5.44. The summed E-state index contributed by atoms with van der Waals surface area (Å²) in [7, 11) is 0. The molecule has 2 nitrogen and oxygen atoms in total. The first-order chi connectivity index (χ1) is 9.29. The van der Waals surface area contributed by atoms with Gasteiger partial charge < -0.3 is 5.11 Å². The molecule has 1 aliphatic carbocycles. The van der Waals surface area contributed by atoms with Gasteiger partial charge in [-0.3, -0.25) is 4.98 Å². The second kappa shape index (κ2) is 5.32. The highest BCUT2D eigenvalue weighted by Gasteiger charge is 2.24. The maximum absolute atomic E-state index is 9.37. The van der Waals surface area contributed by atoms with Crippen molar-refractivity contribution in [2.45, 2.75) is 25.2 Å². The summed E-state index contributed by atoms with van der Waals surface area (Å²) in [5.41, 5.74) is 5.00. The average molecular weight is 275 g/mol. The molecule has 1 heterocycles. The van der Waals surface area contributed by atoms with Crippen molar-refractivity contribution < 1.29 is 16.7 Å². The van der Waals surface area contributed by atoms with E-state index in [1.807, 2.05) is 18.3 Å². The van der Waals surface area contributed by atoms with Crippen LogP contribution >= 0.6 is 0 Å². The molecule has 1 aromatic heterocycles. The Morgan fingerprint density at radius 1 is 1.21 bits per heavy atom. The van der Waals surface area contributed by atoms with Crippen LogP contribution in [0.1, 0.15) is 34.7 Å². The number of aromatic nitrogens is 1. The molecule has 98 valence electrons. The standard InChI is InChI=1S/C16H17ClNO/c17-13-5-6-14-12(10-13)4-3-11-2-1-8-18-16(11)15(14)7-9-19/h1-2,5-6,8,10,15,17,19H,3-4,7,9H2/q+1. The Hall–Kier alpha value is -1.38. The molecule has 3 heteroatoms. The van der Waals surface area contributed by atoms with E-state index in [4.69, 9.17) is 11.6 Å². The van der Waals surface area contributed by atoms with Crippen LogP contribution in [0.2, 0.25) is 5.02 Å². The zero-order valence-electron chi connectivity index (χ0n) is 10.7. The lowest BCUT2D eigenvalue weighted by Gasteiger charge is -2.17. The van der Waals surface area contributed by atoms with Gasteiger partial charge in [-0.1, -0.05) is 12.1 Å². The molecule has 3 rings (SSSR count). The molecule has 0 bridgehead atoms. The summed E-state index contributed by atoms with van der Waals surface area (Å²) in [4.78, 5) is 4.56. The number of aliphatic hydroxyl groups is 1. The van der Waals surface area contributed by atoms with Crippen molar-refractivity contribution in [1.82, 2.24) is 4.98 Å². The van der Waals surface area contributed by atoms with Gasteiger partial charge in [0, 0.05) is 30.9 Å². The lowest BCUT2D eigenvalue weighted by molar-refractivity contribution is -0.289. The van der Waals surface area contributed by atoms with Gasteiger partial charge in [0.25, 0.3) is 0 Å². The molecule has 1 aromatic carbocycles. The van der Waals surface area contributed by atoms with Gasteiger partial charge in [0.1, 0.15) is 0 Å². The van der Waals surface area contributed by atoms with Crippen molar-refractivity contribution in [3.63, 3.8) is 0 Å². The van der Waals surface area contributed by atoms with Crippen molar-refractivity contribution in [1.29, 1.82) is 0 Å². The smallest absolute Gasteiger partial charge is 0.225 e. The van der Waals surface area contributed by atoms with Gasteiger partial charge in [-0.15, -0.1) is 0 Å². The fraction of sp³-hybridized carbons (Fsp3) is 0.312. The van der Waals surface area contributed by atoms with Crippen LogP contribution in [-0.4, -0.2) is 16.7 Å². The average Bonchev–Trinajstić information content (AvgIpc) is 2.57. The summed E-state index contributed by atoms with van der Waals surface area (Å²) in [6.07, 6.45) is 4.56. The number of benzene rings is 1. The van der Waals surface area contributed by atoms with Crippen LogP contribution in [-0.2, 0) is 12.8 Å². The quantitative estimate of drug-likeness (QED) is 0.912. The monoisotopic (exact) mass is 274 g/mol. The topological polar surface area (TPSA) is 33.1 Å². The van der Waals surface area contributed by atoms with Crippen molar-refractivity contribution in [2.24, 2.45) is 0 Å². The zero-order valence-corrected chi connectivity index (χ0v) is 11.5. The van der Waals surface area contributed by atoms with Crippen LogP contribution in [0.3, 0.4) is 0 Å². The Morgan fingerprint density at radius 2 is 2.05 bits per heavy atom. The minimum atomic E-state index is 0.176. The number of pyridine rings is 1. The lowest BCUT2D eigenvalue weighted by atomic mass is 9.89. The van der Waals surface area contributed by atoms with Crippen molar-refractivity contribution >= 4 is 0 Å². The number of aryl methyl sites for hydroxylation is 2. The number of aliphatic hydroxyl groups excluding tert-OH is 1. The van der Waals surface area contributed by atoms with E-state index >= 15 is 0 Å². The number of rotatable bonds is 2. The van der Waals surface area contributed by atoms with E-state index in [9.17, 15) is 5.11 Å². The molecule has 0 saturated carbocycles. The minimum Gasteiger partial charge on any atom is -0.396 e. The van der Waals surface area contributed by atoms with E-state index in [2.05, 4.69) is 23.2 Å². The Morgan fingerprint density at radius 3 is 2.89 bits per heavy atom. The van der Waals surface area contributed by atoms with Crippen LogP contribution in [0.4, 0.5) is 0 Å². The Bertz CT molecular complexity index is 597. The van der Waals surface area contributed by atoms with Gasteiger partial charge in [0.2, 0.25) is 5.02 Å². The van der Waals surface area contributed by atoms with Gasteiger partial charge in [-0.25, -0.2) is 0 Å². The molecular formula is C16H17ClNO+. The number of nitrogens with zero attached hydrogens (tertiary/aromatic N) is 1. The molecule has 1 unspecified atom stereocenters. The molecule has 0 radical (unpaired) electrons. The minimum absolute atomic E-state index is 0.176. The summed E-state index contributed by atoms with van der Waals surface area (Å²) in [6.45, 7) is 0.176. The zero-order chi connectivity index (χ0) is 13.2. The highest BCUT2D eigenvalue weighted by molar-refractivity contribution is 5.43. The Labute approximate surface area is 118 Å². The highest BCUT2D eigenvalue weighted by Crippen LogP contribution is 2.35. The number of fused-ring (bicyclic) bond motifs is 2. The molecule has 1 N–H and O–H groups in total. The van der Waals surface area contributed by atoms with E-state index in [1.165, 1.54) is 16.7 Å². The van der Waals surface area contributed by atoms with E-state index in [-0.39, 0.29) is 12.5 Å². The molecule has 1 aliphatic rings. The number of hydrogen-bond donors (Lipinski definition) is 1. The Kier molecular flexibility index (Phi) is 3.54. The molecule has 0 saturated heterocycles. The molecule has 0 spiro atoms. The molecular weight excluding hydrogens is 258 g/mol. The molecule has 0 aliphatic heterocycles. The number of hydrogen-bond acceptors (Lipinski definition) is 2. The SMILES string of the molecule is OCCC1c2ccc([ClH+])cc2CCc2cccnc21. The fourth-order valence-electron chi connectivity index (χ4n) is 2.95. The van der Waals surface area contributed by atoms with E-state index < -0.39 is 0 Å². The highest BCUT2D eigenvalue weighted by atomic mass is 35.5. The van der Waals surface area contributed by atoms with Crippen LogP contribution in [0, 0.1) is 11.6 Å². The van der Waals surface area contributed by atoms with Gasteiger partial charge >= 0.3 is 0 Å². The molecule has 1 atom stereocenters. The normalized spacial score (nSPS) is 17.5. The predicted molar refractivity (Wildman–Crippen MR) is 72.2 cm³/mol. The van der Waals surface area contributed by atoms with Crippen molar-refractivity contribution in [3.8, 4) is 0 Å². The van der Waals surface area contributed by atoms with Crippen molar-refractivity contribution in [3.05, 3.63) is 63.9 Å². The third-order valence-electron chi connectivity index (χ3n) is 3.83. The predicted octanol–water partition coefficient (Wildman–Crippen LogP) is 2.39. The fourth-order valence-corrected chi connectivity index (χ4v) is 3.16. The first kappa shape index (κ1) is 12.6. The van der Waals surface area contributed by atoms with Crippen LogP contribution in [0.5, 0.6) is 0 Å². The third-order valence-corrected chi connectivity index (χ3v) is 4.08. The van der Waals surface area contributed by atoms with Crippen LogP contribution in [0.25, 0.3) is 0 Å². The molecule has 0 fully saturated rings. The van der Waals surface area contributed by atoms with Gasteiger partial charge in [-0.2, -0.15) is 0 Å². The van der Waals surface area contributed by atoms with E-state index in [0.29, 0.717) is 6.42 Å². The lowest BCUT2D eigenvalue weighted by Crippen LogP contribution is -2.08. The van der Waals surface area contributed by atoms with Crippen molar-refractivity contribution in [2.75, 3.05) is 6.61 Å². The number of halogens is 1.